The van der Waals surface area contributed by atoms with Gasteiger partial charge in [-0.25, -0.2) is 4.72 Å². The molecule has 1 saturated carbocycles. The molecule has 0 radical (unpaired) electrons. The number of nitrogens with zero attached hydrogens (tertiary/aromatic N) is 1. The van der Waals surface area contributed by atoms with Gasteiger partial charge in [-0.3, -0.25) is 4.79 Å². The largest absolute Gasteiger partial charge is 0.495 e. The lowest BCUT2D eigenvalue weighted by Gasteiger charge is -2.35. The normalized spacial score (nSPS) is 18.3. The van der Waals surface area contributed by atoms with E-state index in [1.165, 1.54) is 62.3 Å². The van der Waals surface area contributed by atoms with Crippen LogP contribution in [0.2, 0.25) is 5.02 Å². The molecule has 0 spiro atoms. The number of nitrogens with two attached hydrogens (primary N) is 1. The van der Waals surface area contributed by atoms with Crippen LogP contribution < -0.4 is 19.9 Å². The number of benzene rings is 2. The Morgan fingerprint density at radius 2 is 1.82 bits per heavy atom. The minimum Gasteiger partial charge on any atom is -0.495 e. The summed E-state index contributed by atoms with van der Waals surface area (Å²) in [5.74, 6) is -2.75. The topological polar surface area (TPSA) is 76.8 Å². The van der Waals surface area contributed by atoms with Gasteiger partial charge in [0.2, 0.25) is 5.91 Å². The first-order chi connectivity index (χ1) is 18.3. The summed E-state index contributed by atoms with van der Waals surface area (Å²) >= 11 is 7.05. The standard InChI is InChI=1S/C28H36ClF2N3O3S/c1-36-25-17-20(7-12-24(25)29)28(30,31)26(27(35)34-15-13-21(32)14-16-34)33-38-23-10-8-22(9-11-23)37-18-19-5-3-2-4-6-19/h7-12,17,19,21,26,33H,2-6,13-16,18,32H2,1H3. The number of piperidine rings is 1. The Kier molecular flexibility index (Phi) is 10.1. The van der Waals surface area contributed by atoms with Crippen molar-refractivity contribution in [3.05, 3.63) is 53.1 Å². The van der Waals surface area contributed by atoms with E-state index >= 15 is 8.78 Å². The molecule has 1 atom stereocenters. The maximum Gasteiger partial charge on any atom is 0.298 e. The van der Waals surface area contributed by atoms with Crippen molar-refractivity contribution >= 4 is 29.5 Å². The summed E-state index contributed by atoms with van der Waals surface area (Å²) in [7, 11) is 1.36. The second-order valence-electron chi connectivity index (χ2n) is 10.1. The first kappa shape index (κ1) is 28.9. The first-order valence-corrected chi connectivity index (χ1v) is 14.4. The molecular formula is C28H36ClF2N3O3S. The molecule has 1 unspecified atom stereocenters. The summed E-state index contributed by atoms with van der Waals surface area (Å²) in [6.07, 6.45) is 7.37. The van der Waals surface area contributed by atoms with Crippen LogP contribution in [0, 0.1) is 5.92 Å². The second-order valence-corrected chi connectivity index (χ2v) is 11.4. The molecule has 10 heteroatoms. The van der Waals surface area contributed by atoms with E-state index < -0.39 is 17.9 Å². The highest BCUT2D eigenvalue weighted by molar-refractivity contribution is 7.97. The molecule has 1 amide bonds. The third kappa shape index (κ3) is 7.31. The molecule has 1 aliphatic heterocycles. The summed E-state index contributed by atoms with van der Waals surface area (Å²) in [5, 5.41) is 0.216. The summed E-state index contributed by atoms with van der Waals surface area (Å²) in [6, 6.07) is 9.19. The molecule has 0 aromatic heterocycles. The smallest absolute Gasteiger partial charge is 0.298 e. The van der Waals surface area contributed by atoms with Gasteiger partial charge in [0.05, 0.1) is 18.7 Å². The zero-order valence-electron chi connectivity index (χ0n) is 21.6. The Labute approximate surface area is 232 Å². The van der Waals surface area contributed by atoms with Gasteiger partial charge in [-0.2, -0.15) is 8.78 Å². The number of alkyl halides is 2. The van der Waals surface area contributed by atoms with Gasteiger partial charge in [-0.15, -0.1) is 0 Å². The number of hydrogen-bond donors (Lipinski definition) is 2. The molecule has 1 aliphatic carbocycles. The molecule has 2 aromatic rings. The van der Waals surface area contributed by atoms with E-state index in [2.05, 4.69) is 4.72 Å². The zero-order valence-corrected chi connectivity index (χ0v) is 23.2. The van der Waals surface area contributed by atoms with Crippen LogP contribution in [0.1, 0.15) is 50.5 Å². The number of nitrogens with one attached hydrogen (secondary N) is 1. The fourth-order valence-corrected chi connectivity index (χ4v) is 5.88. The van der Waals surface area contributed by atoms with E-state index in [1.54, 1.807) is 12.1 Å². The number of halogens is 3. The van der Waals surface area contributed by atoms with Crippen molar-refractivity contribution in [3.8, 4) is 11.5 Å². The molecule has 0 bridgehead atoms. The van der Waals surface area contributed by atoms with E-state index in [0.29, 0.717) is 43.4 Å². The van der Waals surface area contributed by atoms with Crippen molar-refractivity contribution in [2.24, 2.45) is 11.7 Å². The molecule has 2 aromatic carbocycles. The van der Waals surface area contributed by atoms with Gasteiger partial charge in [0, 0.05) is 29.6 Å². The van der Waals surface area contributed by atoms with Crippen LogP contribution in [0.25, 0.3) is 0 Å². The van der Waals surface area contributed by atoms with Crippen LogP contribution in [0.5, 0.6) is 11.5 Å². The van der Waals surface area contributed by atoms with Crippen molar-refractivity contribution in [3.63, 3.8) is 0 Å². The highest BCUT2D eigenvalue weighted by Crippen LogP contribution is 2.38. The Morgan fingerprint density at radius 1 is 1.13 bits per heavy atom. The third-order valence-corrected chi connectivity index (χ3v) is 8.50. The van der Waals surface area contributed by atoms with Gasteiger partial charge in [0.15, 0.2) is 6.04 Å². The highest BCUT2D eigenvalue weighted by atomic mass is 35.5. The van der Waals surface area contributed by atoms with Crippen LogP contribution in [0.3, 0.4) is 0 Å². The number of rotatable bonds is 10. The van der Waals surface area contributed by atoms with E-state index in [4.69, 9.17) is 26.8 Å². The van der Waals surface area contributed by atoms with Crippen LogP contribution in [0.4, 0.5) is 8.78 Å². The highest BCUT2D eigenvalue weighted by Gasteiger charge is 2.48. The summed E-state index contributed by atoms with van der Waals surface area (Å²) in [6.45, 7) is 1.38. The maximum atomic E-state index is 15.9. The molecule has 4 rings (SSSR count). The van der Waals surface area contributed by atoms with Crippen molar-refractivity contribution in [1.82, 2.24) is 9.62 Å². The van der Waals surface area contributed by atoms with E-state index in [9.17, 15) is 4.79 Å². The molecule has 38 heavy (non-hydrogen) atoms. The summed E-state index contributed by atoms with van der Waals surface area (Å²) < 4.78 is 45.7. The Morgan fingerprint density at radius 3 is 2.47 bits per heavy atom. The number of carbonyl (C=O) groups excluding carboxylic acids is 1. The average Bonchev–Trinajstić information content (AvgIpc) is 2.93. The zero-order chi connectivity index (χ0) is 27.1. The fraction of sp³-hybridized carbons (Fsp3) is 0.536. The fourth-order valence-electron chi connectivity index (χ4n) is 4.91. The van der Waals surface area contributed by atoms with Crippen LogP contribution >= 0.6 is 23.5 Å². The van der Waals surface area contributed by atoms with Gasteiger partial charge in [-0.1, -0.05) is 36.9 Å². The Bertz CT molecular complexity index is 1060. The Hall–Kier alpha value is -2.07. The van der Waals surface area contributed by atoms with Crippen molar-refractivity contribution in [2.45, 2.75) is 67.8 Å². The van der Waals surface area contributed by atoms with Gasteiger partial charge in [-0.05, 0) is 79.9 Å². The van der Waals surface area contributed by atoms with Gasteiger partial charge in [0.1, 0.15) is 11.5 Å². The monoisotopic (exact) mass is 567 g/mol. The van der Waals surface area contributed by atoms with Crippen molar-refractivity contribution in [2.75, 3.05) is 26.8 Å². The number of methoxy groups -OCH3 is 1. The summed E-state index contributed by atoms with van der Waals surface area (Å²) in [4.78, 5) is 15.6. The number of likely N-dealkylation sites (tertiary alicyclic amines) is 1. The van der Waals surface area contributed by atoms with Crippen molar-refractivity contribution < 1.29 is 23.0 Å². The average molecular weight is 568 g/mol. The maximum absolute atomic E-state index is 15.9. The lowest BCUT2D eigenvalue weighted by Crippen LogP contribution is -2.55. The molecule has 3 N–H and O–H groups in total. The number of ether oxygens (including phenoxy) is 2. The van der Waals surface area contributed by atoms with E-state index in [1.807, 2.05) is 12.1 Å². The summed E-state index contributed by atoms with van der Waals surface area (Å²) in [5.41, 5.74) is 5.61. The number of carbonyl (C=O) groups is 1. The lowest BCUT2D eigenvalue weighted by atomic mass is 9.90. The Balaban J connectivity index is 1.47. The van der Waals surface area contributed by atoms with Gasteiger partial charge < -0.3 is 20.1 Å². The van der Waals surface area contributed by atoms with Gasteiger partial charge in [0.25, 0.3) is 5.92 Å². The molecule has 6 nitrogen and oxygen atoms in total. The first-order valence-electron chi connectivity index (χ1n) is 13.2. The number of amides is 1. The molecular weight excluding hydrogens is 532 g/mol. The number of hydrogen-bond acceptors (Lipinski definition) is 6. The van der Waals surface area contributed by atoms with E-state index in [0.717, 1.165) is 17.7 Å². The molecule has 1 saturated heterocycles. The van der Waals surface area contributed by atoms with Crippen molar-refractivity contribution in [1.29, 1.82) is 0 Å². The predicted molar refractivity (Wildman–Crippen MR) is 147 cm³/mol. The quantitative estimate of drug-likeness (QED) is 0.342. The minimum absolute atomic E-state index is 0.0280. The molecule has 1 heterocycles. The molecule has 2 fully saturated rings. The second kappa shape index (κ2) is 13.3. The molecule has 208 valence electrons. The van der Waals surface area contributed by atoms with E-state index in [-0.39, 0.29) is 22.4 Å². The van der Waals surface area contributed by atoms with Gasteiger partial charge >= 0.3 is 0 Å². The van der Waals surface area contributed by atoms with Crippen LogP contribution in [-0.2, 0) is 10.7 Å². The lowest BCUT2D eigenvalue weighted by molar-refractivity contribution is -0.145. The van der Waals surface area contributed by atoms with Crippen LogP contribution in [0.15, 0.2) is 47.4 Å². The van der Waals surface area contributed by atoms with Crippen LogP contribution in [-0.4, -0.2) is 49.7 Å². The molecule has 2 aliphatic rings. The predicted octanol–water partition coefficient (Wildman–Crippen LogP) is 6.01. The SMILES string of the molecule is COc1cc(C(F)(F)C(NSc2ccc(OCC3CCCCC3)cc2)C(=O)N2CCC(N)CC2)ccc1Cl. The minimum atomic E-state index is -3.54. The third-order valence-electron chi connectivity index (χ3n) is 7.33.